The minimum Gasteiger partial charge on any atom is -0.329 e. The van der Waals surface area contributed by atoms with Crippen LogP contribution in [0.1, 0.15) is 30.0 Å². The molecular formula is C25H19F2N3O3. The lowest BCUT2D eigenvalue weighted by molar-refractivity contribution is -0.122. The van der Waals surface area contributed by atoms with Crippen LogP contribution >= 0.6 is 0 Å². The zero-order chi connectivity index (χ0) is 23.8. The molecule has 1 aliphatic heterocycles. The number of aromatic nitrogens is 1. The molecule has 0 saturated carbocycles. The van der Waals surface area contributed by atoms with Crippen LogP contribution in [0.15, 0.2) is 65.6 Å². The highest BCUT2D eigenvalue weighted by Gasteiger charge is 2.47. The molecule has 2 aromatic carbocycles. The maximum atomic E-state index is 14.9. The Bertz CT molecular complexity index is 1330. The Labute approximate surface area is 188 Å². The van der Waals surface area contributed by atoms with E-state index < -0.39 is 34.8 Å². The number of rotatable bonds is 2. The lowest BCUT2D eigenvalue weighted by Gasteiger charge is -2.45. The summed E-state index contributed by atoms with van der Waals surface area (Å²) in [6.07, 6.45) is 1.17. The van der Waals surface area contributed by atoms with E-state index in [-0.39, 0.29) is 17.5 Å². The number of imide groups is 1. The molecular weight excluding hydrogens is 428 g/mol. The number of H-pyrrole nitrogens is 1. The van der Waals surface area contributed by atoms with Crippen LogP contribution in [0.2, 0.25) is 0 Å². The molecule has 8 heteroatoms. The van der Waals surface area contributed by atoms with Gasteiger partial charge in [0.05, 0.1) is 12.0 Å². The number of nitrogens with zero attached hydrogens (tertiary/aromatic N) is 2. The lowest BCUT2D eigenvalue weighted by Crippen LogP contribution is -2.60. The van der Waals surface area contributed by atoms with Crippen LogP contribution in [0.3, 0.4) is 0 Å². The Morgan fingerprint density at radius 1 is 0.939 bits per heavy atom. The van der Waals surface area contributed by atoms with Gasteiger partial charge < -0.3 is 9.88 Å². The molecule has 4 rings (SSSR count). The summed E-state index contributed by atoms with van der Waals surface area (Å²) in [7, 11) is 1.43. The summed E-state index contributed by atoms with van der Waals surface area (Å²) in [5.74, 6) is 2.57. The Kier molecular flexibility index (Phi) is 5.56. The monoisotopic (exact) mass is 447 g/mol. The first-order valence-corrected chi connectivity index (χ1v) is 10.1. The van der Waals surface area contributed by atoms with E-state index >= 15 is 0 Å². The average molecular weight is 447 g/mol. The fraction of sp³-hybridized carbons (Fsp3) is 0.160. The second kappa shape index (κ2) is 8.36. The Morgan fingerprint density at radius 3 is 2.18 bits per heavy atom. The molecule has 1 fully saturated rings. The molecule has 1 atom stereocenters. The van der Waals surface area contributed by atoms with Crippen molar-refractivity contribution >= 4 is 17.6 Å². The van der Waals surface area contributed by atoms with Gasteiger partial charge >= 0.3 is 6.03 Å². The van der Waals surface area contributed by atoms with Crippen molar-refractivity contribution in [2.75, 3.05) is 11.9 Å². The molecule has 0 bridgehead atoms. The van der Waals surface area contributed by atoms with Crippen LogP contribution in [-0.4, -0.2) is 28.9 Å². The van der Waals surface area contributed by atoms with Crippen molar-refractivity contribution in [2.24, 2.45) is 0 Å². The molecule has 0 aliphatic carbocycles. The van der Waals surface area contributed by atoms with E-state index in [1.165, 1.54) is 30.3 Å². The summed E-state index contributed by atoms with van der Waals surface area (Å²) >= 11 is 0. The Morgan fingerprint density at radius 2 is 1.58 bits per heavy atom. The largest absolute Gasteiger partial charge is 0.332 e. The van der Waals surface area contributed by atoms with E-state index in [9.17, 15) is 23.2 Å². The summed E-state index contributed by atoms with van der Waals surface area (Å²) in [6, 6.07) is 12.8. The molecule has 1 aliphatic rings. The summed E-state index contributed by atoms with van der Waals surface area (Å²) in [5.41, 5.74) is -0.931. The van der Waals surface area contributed by atoms with E-state index in [0.717, 1.165) is 12.1 Å². The first-order valence-electron chi connectivity index (χ1n) is 10.1. The number of pyridine rings is 1. The number of benzene rings is 2. The summed E-state index contributed by atoms with van der Waals surface area (Å²) < 4.78 is 29.9. The number of hydrogen-bond donors (Lipinski definition) is 1. The maximum absolute atomic E-state index is 14.9. The van der Waals surface area contributed by atoms with Gasteiger partial charge in [-0.05, 0) is 42.8 Å². The van der Waals surface area contributed by atoms with Crippen LogP contribution in [-0.2, 0) is 10.3 Å². The zero-order valence-electron chi connectivity index (χ0n) is 17.9. The Hall–Kier alpha value is -4.25. The van der Waals surface area contributed by atoms with Crippen molar-refractivity contribution in [3.63, 3.8) is 0 Å². The van der Waals surface area contributed by atoms with Crippen molar-refractivity contribution < 1.29 is 18.4 Å². The molecule has 166 valence electrons. The predicted molar refractivity (Wildman–Crippen MR) is 118 cm³/mol. The van der Waals surface area contributed by atoms with Gasteiger partial charge in [-0.1, -0.05) is 30.0 Å². The molecule has 1 N–H and O–H groups in total. The second-order valence-electron chi connectivity index (χ2n) is 7.87. The number of carbonyl (C=O) groups is 2. The van der Waals surface area contributed by atoms with Gasteiger partial charge in [0.2, 0.25) is 11.5 Å². The van der Waals surface area contributed by atoms with Gasteiger partial charge in [-0.3, -0.25) is 9.59 Å². The highest BCUT2D eigenvalue weighted by Crippen LogP contribution is 2.38. The van der Waals surface area contributed by atoms with E-state index in [0.29, 0.717) is 16.0 Å². The van der Waals surface area contributed by atoms with Gasteiger partial charge in [-0.25, -0.2) is 18.5 Å². The molecule has 1 aromatic heterocycles. The van der Waals surface area contributed by atoms with Crippen molar-refractivity contribution in [3.05, 3.63) is 99.5 Å². The third kappa shape index (κ3) is 4.01. The highest BCUT2D eigenvalue weighted by atomic mass is 19.1. The standard InChI is InChI=1S/C25H19F2N3O3/c1-25(18-10-11-21(31)28-15-18)14-22(32)30(24(33)29(25)2)23-19(26)12-17(13-20(23)27)9-8-16-6-4-3-5-7-16/h3-7,10-13,15H,14H2,1-2H3,(H,28,31)/t25-/m0/s1. The quantitative estimate of drug-likeness (QED) is 0.608. The van der Waals surface area contributed by atoms with Crippen molar-refractivity contribution in [3.8, 4) is 11.8 Å². The molecule has 1 saturated heterocycles. The lowest BCUT2D eigenvalue weighted by atomic mass is 9.86. The molecule has 6 nitrogen and oxygen atoms in total. The van der Waals surface area contributed by atoms with Gasteiger partial charge in [0.15, 0.2) is 11.6 Å². The van der Waals surface area contributed by atoms with E-state index in [2.05, 4.69) is 16.8 Å². The third-order valence-corrected chi connectivity index (χ3v) is 5.73. The van der Waals surface area contributed by atoms with Crippen LogP contribution in [0, 0.1) is 23.5 Å². The maximum Gasteiger partial charge on any atom is 0.332 e. The normalized spacial score (nSPS) is 18.2. The number of carbonyl (C=O) groups excluding carboxylic acids is 2. The van der Waals surface area contributed by atoms with Gasteiger partial charge in [0.1, 0.15) is 5.69 Å². The van der Waals surface area contributed by atoms with Gasteiger partial charge in [-0.15, -0.1) is 0 Å². The fourth-order valence-electron chi connectivity index (χ4n) is 3.74. The molecule has 2 heterocycles. The highest BCUT2D eigenvalue weighted by molar-refractivity contribution is 6.16. The SMILES string of the molecule is CN1C(=O)N(c2c(F)cc(C#Cc3ccccc3)cc2F)C(=O)C[C@@]1(C)c1ccc(=O)[nH]c1. The van der Waals surface area contributed by atoms with Crippen LogP contribution < -0.4 is 10.5 Å². The number of nitrogens with one attached hydrogen (secondary N) is 1. The zero-order valence-corrected chi connectivity index (χ0v) is 17.9. The second-order valence-corrected chi connectivity index (χ2v) is 7.87. The Balaban J connectivity index is 1.68. The van der Waals surface area contributed by atoms with E-state index in [1.54, 1.807) is 31.2 Å². The van der Waals surface area contributed by atoms with Gasteiger partial charge in [0.25, 0.3) is 0 Å². The molecule has 0 radical (unpaired) electrons. The number of anilines is 1. The smallest absolute Gasteiger partial charge is 0.329 e. The first kappa shape index (κ1) is 22.0. The van der Waals surface area contributed by atoms with Crippen molar-refractivity contribution in [1.29, 1.82) is 0 Å². The van der Waals surface area contributed by atoms with Crippen LogP contribution in [0.25, 0.3) is 0 Å². The molecule has 33 heavy (non-hydrogen) atoms. The topological polar surface area (TPSA) is 73.5 Å². The van der Waals surface area contributed by atoms with Crippen molar-refractivity contribution in [2.45, 2.75) is 18.9 Å². The summed E-state index contributed by atoms with van der Waals surface area (Å²) in [6.45, 7) is 1.64. The number of amides is 3. The van der Waals surface area contributed by atoms with Crippen LogP contribution in [0.5, 0.6) is 0 Å². The average Bonchev–Trinajstić information content (AvgIpc) is 2.79. The van der Waals surface area contributed by atoms with Crippen molar-refractivity contribution in [1.82, 2.24) is 9.88 Å². The number of urea groups is 1. The minimum atomic E-state index is -1.11. The predicted octanol–water partition coefficient (Wildman–Crippen LogP) is 3.76. The number of halogens is 2. The number of aromatic amines is 1. The summed E-state index contributed by atoms with van der Waals surface area (Å²) in [5, 5.41) is 0. The molecule has 3 aromatic rings. The number of hydrogen-bond acceptors (Lipinski definition) is 3. The van der Waals surface area contributed by atoms with E-state index in [4.69, 9.17) is 0 Å². The van der Waals surface area contributed by atoms with Gasteiger partial charge in [0, 0.05) is 30.4 Å². The van der Waals surface area contributed by atoms with E-state index in [1.807, 2.05) is 6.07 Å². The molecule has 0 unspecified atom stereocenters. The van der Waals surface area contributed by atoms with Gasteiger partial charge in [-0.2, -0.15) is 0 Å². The molecule has 0 spiro atoms. The summed E-state index contributed by atoms with van der Waals surface area (Å²) in [4.78, 5) is 41.7. The minimum absolute atomic E-state index is 0.0703. The first-order chi connectivity index (χ1) is 15.7. The van der Waals surface area contributed by atoms with Crippen LogP contribution in [0.4, 0.5) is 19.3 Å². The fourth-order valence-corrected chi connectivity index (χ4v) is 3.74. The third-order valence-electron chi connectivity index (χ3n) is 5.73. The molecule has 3 amide bonds.